The predicted octanol–water partition coefficient (Wildman–Crippen LogP) is 3.18. The van der Waals surface area contributed by atoms with Gasteiger partial charge in [0.05, 0.1) is 22.8 Å². The van der Waals surface area contributed by atoms with Crippen LogP contribution < -0.4 is 4.74 Å². The zero-order valence-corrected chi connectivity index (χ0v) is 13.4. The molecule has 1 aliphatic heterocycles. The predicted molar refractivity (Wildman–Crippen MR) is 85.6 cm³/mol. The topological polar surface area (TPSA) is 73.6 Å². The van der Waals surface area contributed by atoms with Crippen molar-refractivity contribution in [2.24, 2.45) is 0 Å². The lowest BCUT2D eigenvalue weighted by molar-refractivity contribution is -0.111. The van der Waals surface area contributed by atoms with Crippen LogP contribution in [0.1, 0.15) is 44.5 Å². The number of rotatable bonds is 2. The second-order valence-corrected chi connectivity index (χ2v) is 6.08. The summed E-state index contributed by atoms with van der Waals surface area (Å²) in [6, 6.07) is 5.11. The number of Topliss-reactive ketones (excluding diaryl/α,β-unsaturated/α-hetero) is 2. The van der Waals surface area contributed by atoms with Gasteiger partial charge >= 0.3 is 0 Å². The van der Waals surface area contributed by atoms with Crippen molar-refractivity contribution < 1.29 is 23.5 Å². The summed E-state index contributed by atoms with van der Waals surface area (Å²) < 4.78 is 10.8. The second-order valence-electron chi connectivity index (χ2n) is 5.70. The lowest BCUT2D eigenvalue weighted by atomic mass is 9.90. The smallest absolute Gasteiger partial charge is 0.245 e. The van der Waals surface area contributed by atoms with E-state index in [0.717, 1.165) is 17.7 Å². The van der Waals surface area contributed by atoms with Gasteiger partial charge in [-0.25, -0.2) is 0 Å². The van der Waals surface area contributed by atoms with E-state index in [1.807, 2.05) is 0 Å². The van der Waals surface area contributed by atoms with Crippen molar-refractivity contribution in [1.82, 2.24) is 0 Å². The van der Waals surface area contributed by atoms with E-state index in [9.17, 15) is 14.4 Å². The lowest BCUT2D eigenvalue weighted by Crippen LogP contribution is -2.22. The summed E-state index contributed by atoms with van der Waals surface area (Å²) in [6.07, 6.45) is 1.94. The molecule has 0 amide bonds. The number of allylic oxidation sites excluding steroid dienone is 2. The molecule has 2 heterocycles. The van der Waals surface area contributed by atoms with Crippen LogP contribution in [0.25, 0.3) is 5.57 Å². The van der Waals surface area contributed by atoms with Gasteiger partial charge in [0.2, 0.25) is 11.6 Å². The van der Waals surface area contributed by atoms with E-state index < -0.39 is 11.6 Å². The van der Waals surface area contributed by atoms with Gasteiger partial charge in [-0.3, -0.25) is 14.4 Å². The molecule has 0 N–H and O–H groups in total. The Morgan fingerprint density at radius 1 is 1.21 bits per heavy atom. The molecule has 0 bridgehead atoms. The molecule has 0 radical (unpaired) electrons. The Hall–Kier alpha value is -2.66. The molecule has 120 valence electrons. The van der Waals surface area contributed by atoms with E-state index in [1.165, 1.54) is 6.26 Å². The zero-order chi connectivity index (χ0) is 17.0. The first kappa shape index (κ1) is 14.9. The maximum Gasteiger partial charge on any atom is 0.245 e. The number of hydrogen-bond donors (Lipinski definition) is 0. The average Bonchev–Trinajstić information content (AvgIpc) is 3.23. The van der Waals surface area contributed by atoms with Crippen molar-refractivity contribution in [2.45, 2.75) is 13.3 Å². The van der Waals surface area contributed by atoms with Crippen molar-refractivity contribution in [1.29, 1.82) is 0 Å². The number of furan rings is 1. The maximum atomic E-state index is 12.8. The standard InChI is InChI=1S/C18H11ClO5/c1-8-14(19)17(22)16(21)13-11(7-24-18(8)13)15(20)10-2-3-12-9(6-10)4-5-23-12/h2-3,6-7H,4-5H2,1H3. The van der Waals surface area contributed by atoms with Gasteiger partial charge in [0.15, 0.2) is 5.78 Å². The summed E-state index contributed by atoms with van der Waals surface area (Å²) >= 11 is 5.86. The van der Waals surface area contributed by atoms with Gasteiger partial charge in [0, 0.05) is 17.6 Å². The van der Waals surface area contributed by atoms with Crippen LogP contribution >= 0.6 is 11.6 Å². The summed E-state index contributed by atoms with van der Waals surface area (Å²) in [5, 5.41) is -0.171. The van der Waals surface area contributed by atoms with Crippen LogP contribution in [0.3, 0.4) is 0 Å². The molecule has 5 nitrogen and oxygen atoms in total. The molecule has 1 aromatic carbocycles. The van der Waals surface area contributed by atoms with Gasteiger partial charge in [-0.15, -0.1) is 0 Å². The molecule has 0 saturated heterocycles. The molecule has 0 saturated carbocycles. The largest absolute Gasteiger partial charge is 0.493 e. The molecular formula is C18H11ClO5. The minimum absolute atomic E-state index is 0.0105. The zero-order valence-electron chi connectivity index (χ0n) is 12.6. The number of benzene rings is 1. The molecule has 1 aromatic heterocycles. The minimum atomic E-state index is -0.820. The first-order chi connectivity index (χ1) is 11.5. The quantitative estimate of drug-likeness (QED) is 0.619. The van der Waals surface area contributed by atoms with Crippen LogP contribution in [0.5, 0.6) is 5.75 Å². The van der Waals surface area contributed by atoms with Crippen molar-refractivity contribution >= 4 is 34.5 Å². The summed E-state index contributed by atoms with van der Waals surface area (Å²) in [6.45, 7) is 2.17. The van der Waals surface area contributed by atoms with Gasteiger partial charge in [0.25, 0.3) is 0 Å². The van der Waals surface area contributed by atoms with Gasteiger partial charge < -0.3 is 9.15 Å². The van der Waals surface area contributed by atoms with Crippen LogP contribution in [0.15, 0.2) is 33.9 Å². The van der Waals surface area contributed by atoms with Crippen LogP contribution in [0.4, 0.5) is 0 Å². The van der Waals surface area contributed by atoms with E-state index in [-0.39, 0.29) is 27.7 Å². The first-order valence-corrected chi connectivity index (χ1v) is 7.74. The first-order valence-electron chi connectivity index (χ1n) is 7.36. The van der Waals surface area contributed by atoms with Crippen molar-refractivity contribution in [3.8, 4) is 5.75 Å². The number of hydrogen-bond acceptors (Lipinski definition) is 5. The third kappa shape index (κ3) is 1.98. The summed E-state index contributed by atoms with van der Waals surface area (Å²) in [5.41, 5.74) is 1.79. The summed E-state index contributed by atoms with van der Waals surface area (Å²) in [4.78, 5) is 37.0. The molecule has 0 spiro atoms. The monoisotopic (exact) mass is 342 g/mol. The van der Waals surface area contributed by atoms with Gasteiger partial charge in [-0.05, 0) is 30.7 Å². The fraction of sp³-hybridized carbons (Fsp3) is 0.167. The fourth-order valence-corrected chi connectivity index (χ4v) is 3.16. The molecule has 4 rings (SSSR count). The number of halogens is 1. The van der Waals surface area contributed by atoms with Gasteiger partial charge in [-0.2, -0.15) is 0 Å². The Kier molecular flexibility index (Phi) is 3.21. The highest BCUT2D eigenvalue weighted by molar-refractivity contribution is 6.64. The number of carbonyl (C=O) groups is 3. The van der Waals surface area contributed by atoms with Crippen molar-refractivity contribution in [2.75, 3.05) is 6.61 Å². The molecule has 0 unspecified atom stereocenters. The number of carbonyl (C=O) groups excluding carboxylic acids is 3. The number of ether oxygens (including phenoxy) is 1. The molecular weight excluding hydrogens is 332 g/mol. The molecule has 2 aliphatic rings. The Morgan fingerprint density at radius 2 is 2.00 bits per heavy atom. The fourth-order valence-electron chi connectivity index (χ4n) is 2.99. The van der Waals surface area contributed by atoms with E-state index in [0.29, 0.717) is 17.7 Å². The molecule has 6 heteroatoms. The van der Waals surface area contributed by atoms with E-state index >= 15 is 0 Å². The highest BCUT2D eigenvalue weighted by atomic mass is 35.5. The summed E-state index contributed by atoms with van der Waals surface area (Å²) in [7, 11) is 0. The van der Waals surface area contributed by atoms with Crippen molar-refractivity contribution in [3.63, 3.8) is 0 Å². The van der Waals surface area contributed by atoms with Gasteiger partial charge in [0.1, 0.15) is 17.8 Å². The second kappa shape index (κ2) is 5.18. The molecule has 1 aliphatic carbocycles. The highest BCUT2D eigenvalue weighted by Crippen LogP contribution is 2.35. The van der Waals surface area contributed by atoms with E-state index in [1.54, 1.807) is 25.1 Å². The lowest BCUT2D eigenvalue weighted by Gasteiger charge is -2.11. The Morgan fingerprint density at radius 3 is 2.79 bits per heavy atom. The van der Waals surface area contributed by atoms with E-state index in [4.69, 9.17) is 20.8 Å². The Balaban J connectivity index is 1.82. The van der Waals surface area contributed by atoms with Crippen LogP contribution in [0, 0.1) is 0 Å². The van der Waals surface area contributed by atoms with Crippen LogP contribution in [-0.4, -0.2) is 24.0 Å². The summed E-state index contributed by atoms with van der Waals surface area (Å²) in [5.74, 6) is -1.07. The maximum absolute atomic E-state index is 12.8. The third-order valence-electron chi connectivity index (χ3n) is 4.29. The number of fused-ring (bicyclic) bond motifs is 2. The van der Waals surface area contributed by atoms with Gasteiger partial charge in [-0.1, -0.05) is 11.6 Å². The molecule has 2 aromatic rings. The Bertz CT molecular complexity index is 964. The van der Waals surface area contributed by atoms with Crippen molar-refractivity contribution in [3.05, 3.63) is 57.5 Å². The van der Waals surface area contributed by atoms with Crippen LogP contribution in [0.2, 0.25) is 0 Å². The molecule has 0 fully saturated rings. The SMILES string of the molecule is CC1=C(Cl)C(=O)C(=O)c2c(C(=O)c3ccc4c(c3)CCO4)coc21. The minimum Gasteiger partial charge on any atom is -0.493 e. The molecule has 24 heavy (non-hydrogen) atoms. The normalized spacial score (nSPS) is 16.1. The Labute approximate surface area is 141 Å². The molecule has 0 atom stereocenters. The van der Waals surface area contributed by atoms with E-state index in [2.05, 4.69) is 0 Å². The average molecular weight is 343 g/mol. The third-order valence-corrected chi connectivity index (χ3v) is 4.74. The van der Waals surface area contributed by atoms with Crippen LogP contribution in [-0.2, 0) is 11.2 Å². The number of ketones is 3. The highest BCUT2D eigenvalue weighted by Gasteiger charge is 2.37.